The van der Waals surface area contributed by atoms with Crippen LogP contribution in [0.15, 0.2) is 16.2 Å². The van der Waals surface area contributed by atoms with Gasteiger partial charge in [-0.05, 0) is 6.92 Å². The molecule has 3 heterocycles. The lowest BCUT2D eigenvalue weighted by molar-refractivity contribution is -0.142. The van der Waals surface area contributed by atoms with Crippen LogP contribution in [0.3, 0.4) is 0 Å². The average molecular weight is 336 g/mol. The van der Waals surface area contributed by atoms with Gasteiger partial charge in [-0.3, -0.25) is 23.8 Å². The van der Waals surface area contributed by atoms with Gasteiger partial charge in [-0.2, -0.15) is 0 Å². The molecule has 0 spiro atoms. The van der Waals surface area contributed by atoms with E-state index in [0.29, 0.717) is 13.1 Å². The number of nitrogens with zero attached hydrogens (tertiary/aromatic N) is 4. The first-order valence-corrected chi connectivity index (χ1v) is 8.43. The van der Waals surface area contributed by atoms with Crippen molar-refractivity contribution in [2.24, 2.45) is 0 Å². The number of fused-ring (bicyclic) bond motifs is 1. The molecule has 1 saturated heterocycles. The van der Waals surface area contributed by atoms with Crippen LogP contribution in [-0.4, -0.2) is 65.0 Å². The summed E-state index contributed by atoms with van der Waals surface area (Å²) in [5.41, 5.74) is 1.71. The Kier molecular flexibility index (Phi) is 4.74. The van der Waals surface area contributed by atoms with E-state index in [0.717, 1.165) is 42.5 Å². The van der Waals surface area contributed by atoms with E-state index < -0.39 is 0 Å². The number of rotatable bonds is 4. The van der Waals surface area contributed by atoms with Crippen molar-refractivity contribution in [3.63, 3.8) is 0 Å². The van der Waals surface area contributed by atoms with Crippen LogP contribution in [0.1, 0.15) is 11.4 Å². The van der Waals surface area contributed by atoms with Gasteiger partial charge >= 0.3 is 5.97 Å². The van der Waals surface area contributed by atoms with Crippen LogP contribution >= 0.6 is 11.3 Å². The minimum absolute atomic E-state index is 0.0203. The number of thiazole rings is 1. The molecule has 0 atom stereocenters. The predicted octanol–water partition coefficient (Wildman–Crippen LogP) is 0.355. The van der Waals surface area contributed by atoms with Gasteiger partial charge in [0, 0.05) is 49.9 Å². The zero-order valence-corrected chi connectivity index (χ0v) is 14.1. The summed E-state index contributed by atoms with van der Waals surface area (Å²) in [6, 6.07) is 1.62. The summed E-state index contributed by atoms with van der Waals surface area (Å²) in [7, 11) is 1.41. The smallest absolute Gasteiger partial charge is 0.319 e. The summed E-state index contributed by atoms with van der Waals surface area (Å²) in [6.45, 7) is 6.23. The van der Waals surface area contributed by atoms with Crippen LogP contribution in [0, 0.1) is 6.92 Å². The molecule has 0 saturated carbocycles. The van der Waals surface area contributed by atoms with Crippen molar-refractivity contribution in [1.29, 1.82) is 0 Å². The van der Waals surface area contributed by atoms with Crippen LogP contribution in [0.5, 0.6) is 0 Å². The highest BCUT2D eigenvalue weighted by Crippen LogP contribution is 2.13. The molecule has 0 aliphatic carbocycles. The maximum Gasteiger partial charge on any atom is 0.319 e. The second-order valence-electron chi connectivity index (χ2n) is 5.71. The number of esters is 1. The van der Waals surface area contributed by atoms with Crippen LogP contribution in [-0.2, 0) is 16.1 Å². The molecule has 0 N–H and O–H groups in total. The molecule has 8 heteroatoms. The SMILES string of the molecule is COC(=O)CN1CCN(Cc2cc(=O)n3c(C)csc3n2)CC1. The first kappa shape index (κ1) is 16.1. The molecule has 0 aromatic carbocycles. The van der Waals surface area contributed by atoms with Crippen molar-refractivity contribution in [3.05, 3.63) is 33.2 Å². The number of ether oxygens (including phenoxy) is 1. The Bertz CT molecular complexity index is 762. The van der Waals surface area contributed by atoms with Crippen LogP contribution in [0.4, 0.5) is 0 Å². The molecule has 7 nitrogen and oxygen atoms in total. The lowest BCUT2D eigenvalue weighted by atomic mass is 10.3. The van der Waals surface area contributed by atoms with Crippen molar-refractivity contribution in [2.75, 3.05) is 39.8 Å². The van der Waals surface area contributed by atoms with Crippen molar-refractivity contribution >= 4 is 22.3 Å². The minimum atomic E-state index is -0.202. The molecule has 0 bridgehead atoms. The summed E-state index contributed by atoms with van der Waals surface area (Å²) in [4.78, 5) is 33.1. The highest BCUT2D eigenvalue weighted by Gasteiger charge is 2.20. The van der Waals surface area contributed by atoms with Gasteiger partial charge in [0.15, 0.2) is 4.96 Å². The fraction of sp³-hybridized carbons (Fsp3) is 0.533. The van der Waals surface area contributed by atoms with Gasteiger partial charge in [-0.15, -0.1) is 11.3 Å². The predicted molar refractivity (Wildman–Crippen MR) is 87.8 cm³/mol. The standard InChI is InChI=1S/C15H20N4O3S/c1-11-10-23-15-16-12(7-13(20)19(11)15)8-17-3-5-18(6-4-17)9-14(21)22-2/h7,10H,3-6,8-9H2,1-2H3. The highest BCUT2D eigenvalue weighted by molar-refractivity contribution is 7.15. The first-order valence-electron chi connectivity index (χ1n) is 7.55. The number of methoxy groups -OCH3 is 1. The van der Waals surface area contributed by atoms with E-state index in [1.807, 2.05) is 12.3 Å². The molecule has 1 aliphatic heterocycles. The molecule has 2 aromatic heterocycles. The van der Waals surface area contributed by atoms with Crippen LogP contribution < -0.4 is 5.56 Å². The maximum absolute atomic E-state index is 12.2. The molecule has 1 aliphatic rings. The Morgan fingerprint density at radius 1 is 1.30 bits per heavy atom. The molecular formula is C15H20N4O3S. The lowest BCUT2D eigenvalue weighted by Gasteiger charge is -2.33. The number of hydrogen-bond acceptors (Lipinski definition) is 7. The van der Waals surface area contributed by atoms with Crippen molar-refractivity contribution in [3.8, 4) is 0 Å². The van der Waals surface area contributed by atoms with E-state index in [1.165, 1.54) is 18.4 Å². The topological polar surface area (TPSA) is 67.2 Å². The number of piperazine rings is 1. The zero-order valence-electron chi connectivity index (χ0n) is 13.3. The van der Waals surface area contributed by atoms with Crippen LogP contribution in [0.2, 0.25) is 0 Å². The largest absolute Gasteiger partial charge is 0.468 e. The van der Waals surface area contributed by atoms with E-state index in [1.54, 1.807) is 10.5 Å². The van der Waals surface area contributed by atoms with Crippen molar-refractivity contribution < 1.29 is 9.53 Å². The number of carbonyl (C=O) groups is 1. The number of aromatic nitrogens is 2. The van der Waals surface area contributed by atoms with E-state index in [2.05, 4.69) is 14.8 Å². The Balaban J connectivity index is 1.63. The fourth-order valence-electron chi connectivity index (χ4n) is 2.76. The molecular weight excluding hydrogens is 316 g/mol. The number of carbonyl (C=O) groups excluding carboxylic acids is 1. The Labute approximate surface area is 138 Å². The Morgan fingerprint density at radius 3 is 2.70 bits per heavy atom. The van der Waals surface area contributed by atoms with Crippen molar-refractivity contribution in [1.82, 2.24) is 19.2 Å². The number of aryl methyl sites for hydroxylation is 1. The molecule has 2 aromatic rings. The van der Waals surface area contributed by atoms with Gasteiger partial charge in [-0.1, -0.05) is 0 Å². The summed E-state index contributed by atoms with van der Waals surface area (Å²) in [5.74, 6) is -0.202. The van der Waals surface area contributed by atoms with Gasteiger partial charge in [0.1, 0.15) is 0 Å². The first-order chi connectivity index (χ1) is 11.1. The molecule has 124 valence electrons. The fourth-order valence-corrected chi connectivity index (χ4v) is 3.65. The Morgan fingerprint density at radius 2 is 2.00 bits per heavy atom. The van der Waals surface area contributed by atoms with Crippen molar-refractivity contribution in [2.45, 2.75) is 13.5 Å². The van der Waals surface area contributed by atoms with Gasteiger partial charge in [0.05, 0.1) is 19.3 Å². The van der Waals surface area contributed by atoms with Gasteiger partial charge < -0.3 is 4.74 Å². The molecule has 0 amide bonds. The van der Waals surface area contributed by atoms with E-state index in [4.69, 9.17) is 4.74 Å². The monoisotopic (exact) mass is 336 g/mol. The molecule has 23 heavy (non-hydrogen) atoms. The summed E-state index contributed by atoms with van der Waals surface area (Å²) in [6.07, 6.45) is 0. The normalized spacial score (nSPS) is 16.8. The summed E-state index contributed by atoms with van der Waals surface area (Å²) >= 11 is 1.49. The van der Waals surface area contributed by atoms with E-state index >= 15 is 0 Å². The molecule has 0 unspecified atom stereocenters. The summed E-state index contributed by atoms with van der Waals surface area (Å²) < 4.78 is 6.33. The second kappa shape index (κ2) is 6.77. The molecule has 0 radical (unpaired) electrons. The average Bonchev–Trinajstić information content (AvgIpc) is 2.91. The van der Waals surface area contributed by atoms with Gasteiger partial charge in [0.25, 0.3) is 5.56 Å². The second-order valence-corrected chi connectivity index (χ2v) is 6.55. The zero-order chi connectivity index (χ0) is 16.4. The number of hydrogen-bond donors (Lipinski definition) is 0. The quantitative estimate of drug-likeness (QED) is 0.751. The highest BCUT2D eigenvalue weighted by atomic mass is 32.1. The molecule has 1 fully saturated rings. The Hall–Kier alpha value is -1.77. The van der Waals surface area contributed by atoms with E-state index in [9.17, 15) is 9.59 Å². The third kappa shape index (κ3) is 3.60. The maximum atomic E-state index is 12.2. The minimum Gasteiger partial charge on any atom is -0.468 e. The third-order valence-corrected chi connectivity index (χ3v) is 5.00. The molecule has 3 rings (SSSR count). The van der Waals surface area contributed by atoms with Crippen LogP contribution in [0.25, 0.3) is 4.96 Å². The lowest BCUT2D eigenvalue weighted by Crippen LogP contribution is -2.47. The summed E-state index contributed by atoms with van der Waals surface area (Å²) in [5, 5.41) is 1.94. The van der Waals surface area contributed by atoms with Gasteiger partial charge in [-0.25, -0.2) is 4.98 Å². The van der Waals surface area contributed by atoms with E-state index in [-0.39, 0.29) is 11.5 Å². The van der Waals surface area contributed by atoms with Gasteiger partial charge in [0.2, 0.25) is 0 Å². The third-order valence-electron chi connectivity index (χ3n) is 4.06.